The van der Waals surface area contributed by atoms with Crippen LogP contribution in [-0.4, -0.2) is 96.7 Å². The number of unbranched alkanes of at least 4 members (excludes halogenated alkanes) is 33. The molecule has 0 aromatic carbocycles. The number of ether oxygens (including phenoxy) is 4. The fourth-order valence-electron chi connectivity index (χ4n) is 9.68. The summed E-state index contributed by atoms with van der Waals surface area (Å²) in [7, 11) is -9.89. The summed E-state index contributed by atoms with van der Waals surface area (Å²) in [4.78, 5) is 72.2. The Morgan fingerprint density at radius 3 is 0.905 bits per heavy atom. The van der Waals surface area contributed by atoms with E-state index in [1.54, 1.807) is 0 Å². The van der Waals surface area contributed by atoms with Crippen LogP contribution >= 0.6 is 15.6 Å². The molecule has 6 atom stereocenters. The molecule has 0 aliphatic rings. The molecule has 0 saturated carbocycles. The maximum absolute atomic E-state index is 13.0. The van der Waals surface area contributed by atoms with E-state index in [4.69, 9.17) is 37.0 Å². The highest BCUT2D eigenvalue weighted by Gasteiger charge is 2.30. The Bertz CT molecular complexity index is 1650. The monoisotopic (exact) mass is 1240 g/mol. The molecule has 0 heterocycles. The molecule has 3 N–H and O–H groups in total. The topological polar surface area (TPSA) is 237 Å². The van der Waals surface area contributed by atoms with Crippen LogP contribution < -0.4 is 0 Å². The number of esters is 4. The summed E-state index contributed by atoms with van der Waals surface area (Å²) in [5.41, 5.74) is 0. The molecule has 19 heteroatoms. The van der Waals surface area contributed by atoms with Crippen LogP contribution in [0.4, 0.5) is 0 Å². The van der Waals surface area contributed by atoms with E-state index < -0.39 is 97.5 Å². The van der Waals surface area contributed by atoms with Gasteiger partial charge in [0.05, 0.1) is 26.4 Å². The van der Waals surface area contributed by atoms with Gasteiger partial charge in [-0.3, -0.25) is 37.3 Å². The third-order valence-electron chi connectivity index (χ3n) is 15.3. The largest absolute Gasteiger partial charge is 0.472 e. The van der Waals surface area contributed by atoms with Crippen LogP contribution in [0.3, 0.4) is 0 Å². The van der Waals surface area contributed by atoms with Crippen molar-refractivity contribution in [1.82, 2.24) is 0 Å². The van der Waals surface area contributed by atoms with Crippen molar-refractivity contribution in [1.29, 1.82) is 0 Å². The predicted molar refractivity (Wildman–Crippen MR) is 335 cm³/mol. The zero-order valence-electron chi connectivity index (χ0n) is 54.2. The van der Waals surface area contributed by atoms with Crippen molar-refractivity contribution in [2.24, 2.45) is 11.8 Å². The molecular weight excluding hydrogens is 1110 g/mol. The second kappa shape index (κ2) is 57.5. The number of phosphoric acid groups is 2. The summed E-state index contributed by atoms with van der Waals surface area (Å²) in [5, 5.41) is 10.5. The molecule has 498 valence electrons. The van der Waals surface area contributed by atoms with Gasteiger partial charge in [0.25, 0.3) is 0 Å². The minimum Gasteiger partial charge on any atom is -0.462 e. The molecule has 0 bridgehead atoms. The van der Waals surface area contributed by atoms with E-state index in [-0.39, 0.29) is 25.7 Å². The van der Waals surface area contributed by atoms with Crippen LogP contribution in [0.25, 0.3) is 0 Å². The SMILES string of the molecule is CCCCCCCCCCCCCCCC(=O)OC[C@H](COP(=O)(O)OC[C@@H](O)COP(=O)(O)OC[C@@H](COC(=O)CCCCCCCCCC)OC(=O)CCCCCCCCC(C)CC)OC(=O)CCCCCCCCCCCCC(C)C. The van der Waals surface area contributed by atoms with Gasteiger partial charge >= 0.3 is 39.5 Å². The van der Waals surface area contributed by atoms with Crippen LogP contribution in [0.1, 0.15) is 324 Å². The Hall–Kier alpha value is -1.94. The third kappa shape index (κ3) is 57.8. The minimum absolute atomic E-state index is 0.103. The highest BCUT2D eigenvalue weighted by Crippen LogP contribution is 2.45. The molecule has 0 fully saturated rings. The Balaban J connectivity index is 5.24. The molecule has 0 rings (SSSR count). The molecule has 0 aromatic heterocycles. The van der Waals surface area contributed by atoms with Gasteiger partial charge in [0.15, 0.2) is 12.2 Å². The smallest absolute Gasteiger partial charge is 0.462 e. The van der Waals surface area contributed by atoms with E-state index in [2.05, 4.69) is 41.5 Å². The van der Waals surface area contributed by atoms with Gasteiger partial charge in [-0.05, 0) is 37.5 Å². The number of phosphoric ester groups is 2. The molecule has 84 heavy (non-hydrogen) atoms. The second-order valence-corrected chi connectivity index (χ2v) is 27.1. The van der Waals surface area contributed by atoms with Gasteiger partial charge < -0.3 is 33.8 Å². The zero-order valence-corrected chi connectivity index (χ0v) is 56.0. The highest BCUT2D eigenvalue weighted by atomic mass is 31.2. The number of carbonyl (C=O) groups is 4. The van der Waals surface area contributed by atoms with Crippen LogP contribution in [0.15, 0.2) is 0 Å². The number of carbonyl (C=O) groups excluding carboxylic acids is 4. The maximum Gasteiger partial charge on any atom is 0.472 e. The molecule has 3 unspecified atom stereocenters. The van der Waals surface area contributed by atoms with Crippen LogP contribution in [-0.2, 0) is 65.4 Å². The lowest BCUT2D eigenvalue weighted by atomic mass is 10.00. The van der Waals surface area contributed by atoms with Crippen molar-refractivity contribution in [2.45, 2.75) is 342 Å². The Labute approximate surface area is 511 Å². The Kier molecular flexibility index (Phi) is 56.2. The van der Waals surface area contributed by atoms with Crippen molar-refractivity contribution >= 4 is 39.5 Å². The fourth-order valence-corrected chi connectivity index (χ4v) is 11.3. The first-order valence-corrected chi connectivity index (χ1v) is 37.0. The quantitative estimate of drug-likeness (QED) is 0.0222. The first kappa shape index (κ1) is 82.1. The van der Waals surface area contributed by atoms with E-state index in [0.29, 0.717) is 25.7 Å². The molecule has 0 aliphatic carbocycles. The number of aliphatic hydroxyl groups is 1. The van der Waals surface area contributed by atoms with Gasteiger partial charge in [-0.2, -0.15) is 0 Å². The van der Waals surface area contributed by atoms with Crippen molar-refractivity contribution in [3.8, 4) is 0 Å². The van der Waals surface area contributed by atoms with Crippen molar-refractivity contribution in [2.75, 3.05) is 39.6 Å². The van der Waals surface area contributed by atoms with Crippen LogP contribution in [0, 0.1) is 11.8 Å². The second-order valence-electron chi connectivity index (χ2n) is 24.2. The number of rotatable bonds is 64. The Morgan fingerprint density at radius 1 is 0.345 bits per heavy atom. The fraction of sp³-hybridized carbons (Fsp3) is 0.938. The maximum atomic E-state index is 13.0. The van der Waals surface area contributed by atoms with Crippen LogP contribution in [0.2, 0.25) is 0 Å². The van der Waals surface area contributed by atoms with E-state index in [0.717, 1.165) is 108 Å². The van der Waals surface area contributed by atoms with Gasteiger partial charge in [0, 0.05) is 25.7 Å². The molecule has 17 nitrogen and oxygen atoms in total. The third-order valence-corrected chi connectivity index (χ3v) is 17.2. The van der Waals surface area contributed by atoms with Gasteiger partial charge in [-0.25, -0.2) is 9.13 Å². The Morgan fingerprint density at radius 2 is 0.607 bits per heavy atom. The number of hydrogen-bond donors (Lipinski definition) is 3. The van der Waals surface area contributed by atoms with Crippen molar-refractivity contribution < 1.29 is 80.2 Å². The summed E-state index contributed by atoms with van der Waals surface area (Å²) < 4.78 is 68.0. The first-order chi connectivity index (χ1) is 40.4. The van der Waals surface area contributed by atoms with E-state index >= 15 is 0 Å². The summed E-state index contributed by atoms with van der Waals surface area (Å²) in [5.74, 6) is -0.663. The van der Waals surface area contributed by atoms with E-state index in [1.807, 2.05) is 0 Å². The van der Waals surface area contributed by atoms with Gasteiger partial charge in [-0.1, -0.05) is 273 Å². The normalized spacial score (nSPS) is 14.6. The summed E-state index contributed by atoms with van der Waals surface area (Å²) in [6.07, 6.45) is 40.3. The molecular formula is C65H126O17P2. The lowest BCUT2D eigenvalue weighted by Gasteiger charge is -2.21. The van der Waals surface area contributed by atoms with Crippen LogP contribution in [0.5, 0.6) is 0 Å². The average molecular weight is 1240 g/mol. The van der Waals surface area contributed by atoms with Gasteiger partial charge in [0.1, 0.15) is 19.3 Å². The molecule has 0 radical (unpaired) electrons. The molecule has 0 saturated heterocycles. The standard InChI is InChI=1S/C65H126O17P2/c1-7-10-12-14-16-18-19-20-21-25-29-36-42-48-63(68)76-53-60(81-64(69)49-43-37-30-26-23-22-24-27-33-39-45-57(4)5)55-79-83(71,72)77-51-59(66)52-78-84(73,74)80-56-61(54-75-62(67)47-41-35-28-17-15-13-11-8-2)82-65(70)50-44-38-32-31-34-40-46-58(6)9-3/h57-61,66H,7-56H2,1-6H3,(H,71,72)(H,73,74)/t58?,59-,60-,61-/m1/s1. The summed E-state index contributed by atoms with van der Waals surface area (Å²) in [6.45, 7) is 9.42. The molecule has 0 amide bonds. The minimum atomic E-state index is -4.95. The lowest BCUT2D eigenvalue weighted by molar-refractivity contribution is -0.161. The molecule has 0 aromatic rings. The number of hydrogen-bond acceptors (Lipinski definition) is 15. The lowest BCUT2D eigenvalue weighted by Crippen LogP contribution is -2.30. The average Bonchev–Trinajstić information content (AvgIpc) is 3.60. The predicted octanol–water partition coefficient (Wildman–Crippen LogP) is 18.0. The molecule has 0 spiro atoms. The number of aliphatic hydroxyl groups excluding tert-OH is 1. The summed E-state index contributed by atoms with van der Waals surface area (Å²) >= 11 is 0. The van der Waals surface area contributed by atoms with E-state index in [9.17, 15) is 43.2 Å². The van der Waals surface area contributed by atoms with Crippen molar-refractivity contribution in [3.63, 3.8) is 0 Å². The zero-order chi connectivity index (χ0) is 62.2. The van der Waals surface area contributed by atoms with Crippen molar-refractivity contribution in [3.05, 3.63) is 0 Å². The molecule has 0 aliphatic heterocycles. The van der Waals surface area contributed by atoms with E-state index in [1.165, 1.54) is 135 Å². The summed E-state index contributed by atoms with van der Waals surface area (Å²) in [6, 6.07) is 0. The van der Waals surface area contributed by atoms with Gasteiger partial charge in [0.2, 0.25) is 0 Å². The first-order valence-electron chi connectivity index (χ1n) is 34.0. The van der Waals surface area contributed by atoms with Gasteiger partial charge in [-0.15, -0.1) is 0 Å². The highest BCUT2D eigenvalue weighted by molar-refractivity contribution is 7.47.